The molecule has 0 saturated carbocycles. The zero-order valence-corrected chi connectivity index (χ0v) is 14.3. The molecule has 0 aliphatic heterocycles. The number of rotatable bonds is 12. The van der Waals surface area contributed by atoms with Gasteiger partial charge < -0.3 is 0 Å². The van der Waals surface area contributed by atoms with Gasteiger partial charge in [0.05, 0.1) is 0 Å². The van der Waals surface area contributed by atoms with Crippen LogP contribution in [0.5, 0.6) is 0 Å². The molecule has 0 aromatic rings. The summed E-state index contributed by atoms with van der Waals surface area (Å²) in [5.41, 5.74) is 0. The molecule has 0 saturated heterocycles. The monoisotopic (exact) mass is 261 g/mol. The normalized spacial score (nSPS) is 12.2. The first-order valence-corrected chi connectivity index (χ1v) is 9.08. The summed E-state index contributed by atoms with van der Waals surface area (Å²) in [6.45, 7) is 5.75. The standard InChI is InChI=1S/C15H28NO.Na/c1-4-6-7-8-9-10-11-12-13-14(3)16-15(17)5-2;/h5,14H,2-4,6-13H2,1H3,(H,16,17);. The Labute approximate surface area is 130 Å². The molecule has 1 unspecified atom stereocenters. The molecule has 0 aromatic carbocycles. The fraction of sp³-hybridized carbons (Fsp3) is 0.800. The third-order valence-corrected chi connectivity index (χ3v) is 4.42. The van der Waals surface area contributed by atoms with Crippen LogP contribution in [0.25, 0.3) is 0 Å². The van der Waals surface area contributed by atoms with E-state index in [2.05, 4.69) is 18.8 Å². The topological polar surface area (TPSA) is 29.1 Å². The zero-order valence-electron chi connectivity index (χ0n) is 12.3. The van der Waals surface area contributed by atoms with Crippen molar-refractivity contribution in [3.63, 3.8) is 0 Å². The van der Waals surface area contributed by atoms with Gasteiger partial charge in [0.1, 0.15) is 0 Å². The quantitative estimate of drug-likeness (QED) is 0.323. The summed E-state index contributed by atoms with van der Waals surface area (Å²) >= 11 is 1.15. The molecule has 0 rings (SSSR count). The molecule has 0 bridgehead atoms. The van der Waals surface area contributed by atoms with E-state index >= 15 is 0 Å². The third-order valence-electron chi connectivity index (χ3n) is 3.43. The summed E-state index contributed by atoms with van der Waals surface area (Å²) in [4.78, 5) is 11.2. The predicted octanol–water partition coefficient (Wildman–Crippen LogP) is 3.77. The van der Waals surface area contributed by atoms with Crippen LogP contribution in [-0.4, -0.2) is 39.9 Å². The fourth-order valence-corrected chi connectivity index (χ4v) is 2.78. The molecule has 0 aliphatic carbocycles. The minimum absolute atomic E-state index is 0.0181. The van der Waals surface area contributed by atoms with Crippen molar-refractivity contribution in [1.82, 2.24) is 5.32 Å². The molecule has 0 heterocycles. The number of carbonyl (C=O) groups excluding carboxylic acids is 1. The summed E-state index contributed by atoms with van der Waals surface area (Å²) in [5, 5.41) is 3.01. The van der Waals surface area contributed by atoms with Crippen LogP contribution in [0.3, 0.4) is 0 Å². The number of unbranched alkanes of at least 4 members (excludes halogenated alkanes) is 7. The van der Waals surface area contributed by atoms with E-state index in [0.717, 1.165) is 38.0 Å². The van der Waals surface area contributed by atoms with Crippen LogP contribution < -0.4 is 5.32 Å². The van der Waals surface area contributed by atoms with Gasteiger partial charge >= 0.3 is 131 Å². The van der Waals surface area contributed by atoms with Crippen LogP contribution in [0.4, 0.5) is 0 Å². The Bertz CT molecular complexity index is 219. The van der Waals surface area contributed by atoms with Gasteiger partial charge in [-0.1, -0.05) is 0 Å². The van der Waals surface area contributed by atoms with E-state index < -0.39 is 0 Å². The van der Waals surface area contributed by atoms with Crippen LogP contribution in [0, 0.1) is 0 Å². The zero-order chi connectivity index (χ0) is 13.6. The van der Waals surface area contributed by atoms with Crippen LogP contribution in [-0.2, 0) is 4.79 Å². The molecule has 0 radical (unpaired) electrons. The van der Waals surface area contributed by atoms with E-state index in [-0.39, 0.29) is 5.91 Å². The Morgan fingerprint density at radius 1 is 1.17 bits per heavy atom. The van der Waals surface area contributed by atoms with Crippen molar-refractivity contribution in [2.75, 3.05) is 0 Å². The Hall–Kier alpha value is 0.210. The van der Waals surface area contributed by atoms with Gasteiger partial charge in [-0.3, -0.25) is 0 Å². The van der Waals surface area contributed by atoms with Crippen molar-refractivity contribution in [1.29, 1.82) is 0 Å². The van der Waals surface area contributed by atoms with Crippen LogP contribution in [0.15, 0.2) is 12.7 Å². The molecule has 0 fully saturated rings. The first kappa shape index (κ1) is 18.2. The molecule has 0 aromatic heterocycles. The molecule has 1 N–H and O–H groups in total. The Balaban J connectivity index is 3.39. The maximum absolute atomic E-state index is 11.2. The van der Waals surface area contributed by atoms with Gasteiger partial charge in [0.25, 0.3) is 0 Å². The second-order valence-electron chi connectivity index (χ2n) is 5.08. The van der Waals surface area contributed by atoms with Crippen molar-refractivity contribution >= 4 is 33.8 Å². The van der Waals surface area contributed by atoms with E-state index in [1.54, 1.807) is 0 Å². The Morgan fingerprint density at radius 3 is 2.22 bits per heavy atom. The van der Waals surface area contributed by atoms with Crippen molar-refractivity contribution in [2.24, 2.45) is 0 Å². The fourth-order valence-electron chi connectivity index (χ4n) is 2.16. The number of hydrogen-bond acceptors (Lipinski definition) is 1. The van der Waals surface area contributed by atoms with E-state index in [1.807, 2.05) is 0 Å². The summed E-state index contributed by atoms with van der Waals surface area (Å²) in [6.07, 6.45) is 13.3. The molecule has 1 atom stereocenters. The van der Waals surface area contributed by atoms with E-state index in [0.29, 0.717) is 6.04 Å². The molecule has 0 aliphatic rings. The van der Waals surface area contributed by atoms with E-state index in [4.69, 9.17) is 0 Å². The molecule has 1 amide bonds. The van der Waals surface area contributed by atoms with Crippen molar-refractivity contribution in [3.05, 3.63) is 12.7 Å². The summed E-state index contributed by atoms with van der Waals surface area (Å²) in [5.74, 6) is -0.0181. The Morgan fingerprint density at radius 2 is 1.72 bits per heavy atom. The number of carbonyl (C=O) groups is 1. The molecular formula is C15H28NNaO. The van der Waals surface area contributed by atoms with Crippen molar-refractivity contribution < 1.29 is 4.79 Å². The molecule has 18 heavy (non-hydrogen) atoms. The van der Waals surface area contributed by atoms with Crippen LogP contribution in [0.1, 0.15) is 64.7 Å². The van der Waals surface area contributed by atoms with Gasteiger partial charge in [-0.25, -0.2) is 0 Å². The molecule has 0 spiro atoms. The third kappa shape index (κ3) is 11.3. The number of nitrogens with one attached hydrogen (secondary N) is 1. The van der Waals surface area contributed by atoms with Crippen LogP contribution >= 0.6 is 0 Å². The first-order valence-electron chi connectivity index (χ1n) is 7.67. The van der Waals surface area contributed by atoms with Gasteiger partial charge in [-0.15, -0.1) is 0 Å². The molecule has 2 nitrogen and oxygen atoms in total. The SMILES string of the molecule is C=CC(=O)NC([CH2][Na])CCCCCCCCCC. The van der Waals surface area contributed by atoms with Gasteiger partial charge in [-0.2, -0.15) is 0 Å². The molecular weight excluding hydrogens is 233 g/mol. The first-order chi connectivity index (χ1) is 8.74. The minimum atomic E-state index is -0.0181. The van der Waals surface area contributed by atoms with Crippen LogP contribution in [0.2, 0.25) is 3.67 Å². The second-order valence-corrected chi connectivity index (χ2v) is 5.90. The number of hydrogen-bond donors (Lipinski definition) is 1. The average Bonchev–Trinajstić information content (AvgIpc) is 2.40. The van der Waals surface area contributed by atoms with Crippen molar-refractivity contribution in [2.45, 2.75) is 74.4 Å². The second kappa shape index (κ2) is 13.6. The average molecular weight is 261 g/mol. The maximum atomic E-state index is 11.2. The van der Waals surface area contributed by atoms with Gasteiger partial charge in [-0.05, 0) is 0 Å². The van der Waals surface area contributed by atoms with Gasteiger partial charge in [0.2, 0.25) is 0 Å². The van der Waals surface area contributed by atoms with E-state index in [1.165, 1.54) is 57.4 Å². The van der Waals surface area contributed by atoms with Crippen molar-refractivity contribution in [3.8, 4) is 0 Å². The predicted molar refractivity (Wildman–Crippen MR) is 79.9 cm³/mol. The summed E-state index contributed by atoms with van der Waals surface area (Å²) < 4.78 is 1.15. The Kier molecular flexibility index (Phi) is 13.8. The molecule has 100 valence electrons. The molecule has 3 heteroatoms. The summed E-state index contributed by atoms with van der Waals surface area (Å²) in [6, 6.07) is 0.391. The van der Waals surface area contributed by atoms with Gasteiger partial charge in [0, 0.05) is 0 Å². The number of amides is 1. The summed E-state index contributed by atoms with van der Waals surface area (Å²) in [7, 11) is 0. The van der Waals surface area contributed by atoms with Gasteiger partial charge in [0.15, 0.2) is 0 Å². The van der Waals surface area contributed by atoms with E-state index in [9.17, 15) is 4.79 Å².